The number of oxazole rings is 1. The van der Waals surface area contributed by atoms with Gasteiger partial charge in [0.05, 0.1) is 5.56 Å². The van der Waals surface area contributed by atoms with E-state index in [-0.39, 0.29) is 18.2 Å². The normalized spacial score (nSPS) is 17.1. The number of aromatic nitrogens is 1. The molecule has 2 N–H and O–H groups in total. The van der Waals surface area contributed by atoms with Gasteiger partial charge in [-0.15, -0.1) is 0 Å². The molecule has 0 radical (unpaired) electrons. The third-order valence-electron chi connectivity index (χ3n) is 5.00. The Morgan fingerprint density at radius 3 is 2.61 bits per heavy atom. The summed E-state index contributed by atoms with van der Waals surface area (Å²) >= 11 is 0. The first kappa shape index (κ1) is 24.5. The number of rotatable bonds is 6. The number of nitrogens with one attached hydrogen (secondary N) is 2. The molecular formula is C19H22F3N5O5S. The summed E-state index contributed by atoms with van der Waals surface area (Å²) in [5.74, 6) is -1.52. The number of hydrogen-bond donors (Lipinski definition) is 2. The second-order valence-corrected chi connectivity index (χ2v) is 9.25. The van der Waals surface area contributed by atoms with Gasteiger partial charge in [-0.25, -0.2) is 4.72 Å². The highest BCUT2D eigenvalue weighted by Crippen LogP contribution is 2.33. The van der Waals surface area contributed by atoms with Gasteiger partial charge in [-0.3, -0.25) is 9.59 Å². The largest absolute Gasteiger partial charge is 0.431 e. The lowest BCUT2D eigenvalue weighted by molar-refractivity contribution is -0.137. The van der Waals surface area contributed by atoms with Crippen molar-refractivity contribution in [3.8, 4) is 0 Å². The fourth-order valence-corrected chi connectivity index (χ4v) is 4.64. The number of benzene rings is 1. The van der Waals surface area contributed by atoms with Crippen LogP contribution in [-0.2, 0) is 21.2 Å². The summed E-state index contributed by atoms with van der Waals surface area (Å²) in [6.07, 6.45) is -2.92. The van der Waals surface area contributed by atoms with Gasteiger partial charge in [0.25, 0.3) is 11.9 Å². The molecule has 2 amide bonds. The molecule has 0 unspecified atom stereocenters. The van der Waals surface area contributed by atoms with Crippen molar-refractivity contribution in [2.75, 3.05) is 26.0 Å². The lowest BCUT2D eigenvalue weighted by Crippen LogP contribution is -2.50. The average Bonchev–Trinajstić information content (AvgIpc) is 3.38. The maximum absolute atomic E-state index is 13.0. The number of halogens is 3. The van der Waals surface area contributed by atoms with Crippen molar-refractivity contribution >= 4 is 33.7 Å². The number of carbonyl (C=O) groups excluding carboxylic acids is 2. The number of likely N-dealkylation sites (N-methyl/N-ethyl adjacent to an activating group) is 1. The smallest absolute Gasteiger partial charge is 0.416 e. The van der Waals surface area contributed by atoms with Gasteiger partial charge >= 0.3 is 16.4 Å². The molecule has 1 aromatic carbocycles. The van der Waals surface area contributed by atoms with Crippen LogP contribution >= 0.6 is 0 Å². The molecular weight excluding hydrogens is 467 g/mol. The van der Waals surface area contributed by atoms with Gasteiger partial charge in [0.2, 0.25) is 5.91 Å². The van der Waals surface area contributed by atoms with Crippen molar-refractivity contribution in [2.24, 2.45) is 0 Å². The SMILES string of the molecule is Cc1ccc(C(F)(F)F)cc1Nc1nc(C(=O)NS(=O)(=O)N2CCC[C@@H]2C(=O)N(C)C)co1. The predicted molar refractivity (Wildman–Crippen MR) is 111 cm³/mol. The predicted octanol–water partition coefficient (Wildman–Crippen LogP) is 2.27. The molecule has 33 heavy (non-hydrogen) atoms. The highest BCUT2D eigenvalue weighted by atomic mass is 32.2. The minimum atomic E-state index is -4.55. The first-order chi connectivity index (χ1) is 15.3. The Kier molecular flexibility index (Phi) is 6.70. The Labute approximate surface area is 187 Å². The number of anilines is 2. The molecule has 3 rings (SSSR count). The van der Waals surface area contributed by atoms with Crippen LogP contribution in [0.25, 0.3) is 0 Å². The van der Waals surface area contributed by atoms with E-state index in [9.17, 15) is 31.2 Å². The van der Waals surface area contributed by atoms with Gasteiger partial charge in [0.1, 0.15) is 12.3 Å². The molecule has 0 spiro atoms. The minimum absolute atomic E-state index is 0.0494. The number of alkyl halides is 3. The molecule has 1 saturated heterocycles. The van der Waals surface area contributed by atoms with Gasteiger partial charge in [-0.2, -0.15) is 30.9 Å². The van der Waals surface area contributed by atoms with Crippen LogP contribution < -0.4 is 10.0 Å². The average molecular weight is 489 g/mol. The first-order valence-corrected chi connectivity index (χ1v) is 11.2. The van der Waals surface area contributed by atoms with Crippen molar-refractivity contribution in [3.05, 3.63) is 41.3 Å². The van der Waals surface area contributed by atoms with E-state index in [1.54, 1.807) is 6.92 Å². The molecule has 14 heteroatoms. The molecule has 1 fully saturated rings. The zero-order valence-electron chi connectivity index (χ0n) is 17.9. The molecule has 1 aliphatic rings. The molecule has 1 aromatic heterocycles. The van der Waals surface area contributed by atoms with Gasteiger partial charge in [0.15, 0.2) is 5.69 Å². The minimum Gasteiger partial charge on any atom is -0.431 e. The van der Waals surface area contributed by atoms with E-state index in [1.165, 1.54) is 25.1 Å². The molecule has 180 valence electrons. The van der Waals surface area contributed by atoms with Crippen LogP contribution in [0.15, 0.2) is 28.9 Å². The molecule has 10 nitrogen and oxygen atoms in total. The van der Waals surface area contributed by atoms with Crippen molar-refractivity contribution < 1.29 is 35.6 Å². The Morgan fingerprint density at radius 1 is 1.27 bits per heavy atom. The molecule has 2 aromatic rings. The lowest BCUT2D eigenvalue weighted by Gasteiger charge is -2.25. The van der Waals surface area contributed by atoms with Crippen LogP contribution in [0.1, 0.15) is 34.5 Å². The van der Waals surface area contributed by atoms with Gasteiger partial charge in [-0.05, 0) is 37.5 Å². The number of amides is 2. The quantitative estimate of drug-likeness (QED) is 0.638. The van der Waals surface area contributed by atoms with E-state index < -0.39 is 45.5 Å². The van der Waals surface area contributed by atoms with Crippen molar-refractivity contribution in [3.63, 3.8) is 0 Å². The second kappa shape index (κ2) is 9.02. The Hall–Kier alpha value is -3.13. The first-order valence-electron chi connectivity index (χ1n) is 9.75. The van der Waals surface area contributed by atoms with E-state index in [0.29, 0.717) is 18.4 Å². The van der Waals surface area contributed by atoms with Crippen molar-refractivity contribution in [1.82, 2.24) is 18.9 Å². The monoisotopic (exact) mass is 489 g/mol. The summed E-state index contributed by atoms with van der Waals surface area (Å²) in [5, 5.41) is 2.54. The maximum Gasteiger partial charge on any atom is 0.416 e. The van der Waals surface area contributed by atoms with Crippen molar-refractivity contribution in [2.45, 2.75) is 32.0 Å². The van der Waals surface area contributed by atoms with Gasteiger partial charge in [0, 0.05) is 26.3 Å². The molecule has 0 saturated carbocycles. The van der Waals surface area contributed by atoms with E-state index >= 15 is 0 Å². The summed E-state index contributed by atoms with van der Waals surface area (Å²) in [5.41, 5.74) is -0.798. The van der Waals surface area contributed by atoms with Crippen LogP contribution in [0, 0.1) is 6.92 Å². The van der Waals surface area contributed by atoms with Crippen LogP contribution in [0.2, 0.25) is 0 Å². The highest BCUT2D eigenvalue weighted by Gasteiger charge is 2.40. The Bertz CT molecular complexity index is 1160. The van der Waals surface area contributed by atoms with Crippen LogP contribution in [-0.4, -0.2) is 61.1 Å². The maximum atomic E-state index is 13.0. The number of aryl methyl sites for hydroxylation is 1. The molecule has 1 aliphatic heterocycles. The zero-order chi connectivity index (χ0) is 24.6. The number of hydrogen-bond acceptors (Lipinski definition) is 7. The third kappa shape index (κ3) is 5.45. The fraction of sp³-hybridized carbons (Fsp3) is 0.421. The van der Waals surface area contributed by atoms with E-state index in [0.717, 1.165) is 22.7 Å². The zero-order valence-corrected chi connectivity index (χ0v) is 18.7. The number of carbonyl (C=O) groups is 2. The summed E-state index contributed by atoms with van der Waals surface area (Å²) in [7, 11) is -1.35. The van der Waals surface area contributed by atoms with Crippen LogP contribution in [0.5, 0.6) is 0 Å². The Morgan fingerprint density at radius 2 is 1.97 bits per heavy atom. The number of nitrogens with zero attached hydrogens (tertiary/aromatic N) is 3. The summed E-state index contributed by atoms with van der Waals surface area (Å²) in [4.78, 5) is 29.8. The third-order valence-corrected chi connectivity index (χ3v) is 6.50. The highest BCUT2D eigenvalue weighted by molar-refractivity contribution is 7.87. The summed E-state index contributed by atoms with van der Waals surface area (Å²) in [6, 6.07) is 1.81. The van der Waals surface area contributed by atoms with Crippen LogP contribution in [0.3, 0.4) is 0 Å². The topological polar surface area (TPSA) is 125 Å². The second-order valence-electron chi connectivity index (χ2n) is 7.63. The van der Waals surface area contributed by atoms with E-state index in [2.05, 4.69) is 10.3 Å². The molecule has 1 atom stereocenters. The fourth-order valence-electron chi connectivity index (χ4n) is 3.28. The van der Waals surface area contributed by atoms with Crippen molar-refractivity contribution in [1.29, 1.82) is 0 Å². The molecule has 0 bridgehead atoms. The van der Waals surface area contributed by atoms with Gasteiger partial charge < -0.3 is 14.6 Å². The Balaban J connectivity index is 1.73. The molecule has 2 heterocycles. The van der Waals surface area contributed by atoms with Crippen LogP contribution in [0.4, 0.5) is 24.9 Å². The van der Waals surface area contributed by atoms with E-state index in [4.69, 9.17) is 4.42 Å². The van der Waals surface area contributed by atoms with Gasteiger partial charge in [-0.1, -0.05) is 6.07 Å². The van der Waals surface area contributed by atoms with E-state index in [1.807, 2.05) is 4.72 Å². The lowest BCUT2D eigenvalue weighted by atomic mass is 10.1. The summed E-state index contributed by atoms with van der Waals surface area (Å²) < 4.78 is 72.0. The summed E-state index contributed by atoms with van der Waals surface area (Å²) in [6.45, 7) is 1.63. The molecule has 0 aliphatic carbocycles. The standard InChI is InChI=1S/C19H22F3N5O5S/c1-11-6-7-12(19(20,21)22)9-13(11)23-18-24-14(10-32-18)16(28)25-33(30,31)27-8-4-5-15(27)17(29)26(2)3/h6-7,9-10,15H,4-5,8H2,1-3H3,(H,23,24)(H,25,28)/t15-/m1/s1.